The number of nitrogens with zero attached hydrogens (tertiary/aromatic N) is 2. The van der Waals surface area contributed by atoms with Crippen molar-refractivity contribution >= 4 is 39.3 Å². The predicted octanol–water partition coefficient (Wildman–Crippen LogP) is 3.76. The standard InChI is InChI=1S/C16H19BrClN3O2/c1-11(14(22)23-2)16(7-4-3-5-8-16)21-13-12(6-9-17)10-19-15(18)20-13/h10-11H,3-5,7-8H2,1-2H3,(H,19,20,21). The number of hydrogen-bond acceptors (Lipinski definition) is 5. The highest BCUT2D eigenvalue weighted by atomic mass is 79.9. The monoisotopic (exact) mass is 399 g/mol. The maximum Gasteiger partial charge on any atom is 0.310 e. The summed E-state index contributed by atoms with van der Waals surface area (Å²) in [6, 6.07) is 0. The Bertz CT molecular complexity index is 636. The number of anilines is 1. The van der Waals surface area contributed by atoms with E-state index >= 15 is 0 Å². The van der Waals surface area contributed by atoms with Gasteiger partial charge in [-0.05, 0) is 42.1 Å². The summed E-state index contributed by atoms with van der Waals surface area (Å²) in [7, 11) is 1.42. The van der Waals surface area contributed by atoms with Gasteiger partial charge in [-0.15, -0.1) is 0 Å². The third-order valence-electron chi connectivity index (χ3n) is 4.44. The fourth-order valence-corrected chi connectivity index (χ4v) is 3.43. The molecule has 1 unspecified atom stereocenters. The van der Waals surface area contributed by atoms with Crippen molar-refractivity contribution in [2.24, 2.45) is 5.92 Å². The molecule has 0 amide bonds. The summed E-state index contributed by atoms with van der Waals surface area (Å²) >= 11 is 9.02. The van der Waals surface area contributed by atoms with Gasteiger partial charge in [-0.1, -0.05) is 19.3 Å². The zero-order valence-electron chi connectivity index (χ0n) is 13.2. The van der Waals surface area contributed by atoms with Gasteiger partial charge in [0.2, 0.25) is 5.28 Å². The van der Waals surface area contributed by atoms with E-state index in [0.29, 0.717) is 11.4 Å². The lowest BCUT2D eigenvalue weighted by molar-refractivity contribution is -0.147. The Labute approximate surface area is 149 Å². The van der Waals surface area contributed by atoms with Crippen LogP contribution in [-0.2, 0) is 9.53 Å². The minimum absolute atomic E-state index is 0.143. The van der Waals surface area contributed by atoms with Gasteiger partial charge >= 0.3 is 5.97 Å². The average molecular weight is 401 g/mol. The van der Waals surface area contributed by atoms with E-state index in [-0.39, 0.29) is 17.2 Å². The first-order valence-electron chi connectivity index (χ1n) is 7.52. The Kier molecular flexibility index (Phi) is 6.25. The van der Waals surface area contributed by atoms with E-state index in [9.17, 15) is 4.79 Å². The summed E-state index contributed by atoms with van der Waals surface area (Å²) in [5.41, 5.74) is 0.222. The predicted molar refractivity (Wildman–Crippen MR) is 93.5 cm³/mol. The topological polar surface area (TPSA) is 64.1 Å². The molecule has 1 fully saturated rings. The zero-order chi connectivity index (χ0) is 16.9. The van der Waals surface area contributed by atoms with Gasteiger partial charge < -0.3 is 10.1 Å². The lowest BCUT2D eigenvalue weighted by atomic mass is 9.73. The second kappa shape index (κ2) is 7.98. The molecule has 0 bridgehead atoms. The number of rotatable bonds is 4. The summed E-state index contributed by atoms with van der Waals surface area (Å²) in [6.45, 7) is 1.89. The molecule has 0 spiro atoms. The van der Waals surface area contributed by atoms with Gasteiger partial charge in [0.1, 0.15) is 5.82 Å². The summed E-state index contributed by atoms with van der Waals surface area (Å²) in [5.74, 6) is 2.92. The van der Waals surface area contributed by atoms with Crippen LogP contribution < -0.4 is 5.32 Å². The van der Waals surface area contributed by atoms with Crippen LogP contribution in [0.3, 0.4) is 0 Å². The first-order chi connectivity index (χ1) is 11.0. The summed E-state index contributed by atoms with van der Waals surface area (Å²) in [6.07, 6.45) is 6.57. The maximum atomic E-state index is 12.1. The number of nitrogens with one attached hydrogen (secondary N) is 1. The number of ether oxygens (including phenoxy) is 1. The van der Waals surface area contributed by atoms with Crippen molar-refractivity contribution in [1.29, 1.82) is 0 Å². The second-order valence-corrected chi connectivity index (χ2v) is 6.44. The van der Waals surface area contributed by atoms with Crippen molar-refractivity contribution in [1.82, 2.24) is 9.97 Å². The highest BCUT2D eigenvalue weighted by Crippen LogP contribution is 2.38. The number of carbonyl (C=O) groups is 1. The minimum atomic E-state index is -0.411. The molecule has 7 heteroatoms. The van der Waals surface area contributed by atoms with Crippen molar-refractivity contribution in [2.45, 2.75) is 44.6 Å². The van der Waals surface area contributed by atoms with Crippen LogP contribution in [0.4, 0.5) is 5.82 Å². The first-order valence-corrected chi connectivity index (χ1v) is 8.69. The van der Waals surface area contributed by atoms with Crippen molar-refractivity contribution in [3.8, 4) is 10.8 Å². The molecule has 124 valence electrons. The molecular weight excluding hydrogens is 382 g/mol. The Morgan fingerprint density at radius 3 is 2.78 bits per heavy atom. The Balaban J connectivity index is 2.40. The number of methoxy groups -OCH3 is 1. The molecule has 1 saturated carbocycles. The van der Waals surface area contributed by atoms with Crippen LogP contribution in [0, 0.1) is 16.7 Å². The first kappa shape index (κ1) is 18.0. The molecule has 1 aliphatic carbocycles. The van der Waals surface area contributed by atoms with Gasteiger partial charge in [-0.3, -0.25) is 4.79 Å². The van der Waals surface area contributed by atoms with Gasteiger partial charge in [0.25, 0.3) is 0 Å². The molecule has 0 aliphatic heterocycles. The van der Waals surface area contributed by atoms with Crippen LogP contribution in [0.25, 0.3) is 0 Å². The number of aromatic nitrogens is 2. The molecule has 1 aromatic rings. The normalized spacial score (nSPS) is 17.6. The molecule has 5 nitrogen and oxygen atoms in total. The fourth-order valence-electron chi connectivity index (χ4n) is 3.09. The second-order valence-electron chi connectivity index (χ2n) is 5.71. The Morgan fingerprint density at radius 2 is 2.17 bits per heavy atom. The van der Waals surface area contributed by atoms with Crippen LogP contribution in [0.15, 0.2) is 6.20 Å². The molecule has 2 rings (SSSR count). The molecule has 1 N–H and O–H groups in total. The Morgan fingerprint density at radius 1 is 1.48 bits per heavy atom. The molecule has 1 aliphatic rings. The smallest absolute Gasteiger partial charge is 0.310 e. The van der Waals surface area contributed by atoms with E-state index in [1.54, 1.807) is 6.20 Å². The van der Waals surface area contributed by atoms with Crippen molar-refractivity contribution in [2.75, 3.05) is 12.4 Å². The maximum absolute atomic E-state index is 12.1. The lowest BCUT2D eigenvalue weighted by Gasteiger charge is -2.42. The molecule has 0 saturated heterocycles. The van der Waals surface area contributed by atoms with Gasteiger partial charge in [0.05, 0.1) is 24.1 Å². The summed E-state index contributed by atoms with van der Waals surface area (Å²) in [4.78, 5) is 23.0. The van der Waals surface area contributed by atoms with Crippen LogP contribution >= 0.6 is 27.5 Å². The quantitative estimate of drug-likeness (QED) is 0.474. The average Bonchev–Trinajstić information content (AvgIpc) is 2.57. The van der Waals surface area contributed by atoms with E-state index in [1.807, 2.05) is 6.92 Å². The van der Waals surface area contributed by atoms with Gasteiger partial charge in [-0.25, -0.2) is 4.98 Å². The summed E-state index contributed by atoms with van der Waals surface area (Å²) < 4.78 is 4.96. The Hall–Kier alpha value is -1.32. The minimum Gasteiger partial charge on any atom is -0.469 e. The van der Waals surface area contributed by atoms with E-state index in [2.05, 4.69) is 42.0 Å². The molecular formula is C16H19BrClN3O2. The van der Waals surface area contributed by atoms with Crippen molar-refractivity contribution in [3.05, 3.63) is 17.0 Å². The molecule has 23 heavy (non-hydrogen) atoms. The molecule has 1 heterocycles. The molecule has 0 aromatic carbocycles. The number of carbonyl (C=O) groups excluding carboxylic acids is 1. The molecule has 1 aromatic heterocycles. The van der Waals surface area contributed by atoms with Crippen molar-refractivity contribution < 1.29 is 9.53 Å². The largest absolute Gasteiger partial charge is 0.469 e. The van der Waals surface area contributed by atoms with Gasteiger partial charge in [0, 0.05) is 22.1 Å². The van der Waals surface area contributed by atoms with E-state index in [4.69, 9.17) is 16.3 Å². The van der Waals surface area contributed by atoms with E-state index in [0.717, 1.165) is 32.1 Å². The fraction of sp³-hybridized carbons (Fsp3) is 0.562. The molecule has 0 radical (unpaired) electrons. The highest BCUT2D eigenvalue weighted by molar-refractivity contribution is 9.12. The van der Waals surface area contributed by atoms with Crippen LogP contribution in [0.1, 0.15) is 44.6 Å². The van der Waals surface area contributed by atoms with Gasteiger partial charge in [-0.2, -0.15) is 4.98 Å². The summed E-state index contributed by atoms with van der Waals surface area (Å²) in [5, 5.41) is 3.59. The van der Waals surface area contributed by atoms with Crippen LogP contribution in [-0.4, -0.2) is 28.6 Å². The van der Waals surface area contributed by atoms with E-state index in [1.165, 1.54) is 7.11 Å². The number of halogens is 2. The molecule has 1 atom stereocenters. The number of hydrogen-bond donors (Lipinski definition) is 1. The van der Waals surface area contributed by atoms with E-state index < -0.39 is 5.54 Å². The SMILES string of the molecule is COC(=O)C(C)C1(Nc2nc(Cl)ncc2C#CBr)CCCCC1. The number of esters is 1. The van der Waals surface area contributed by atoms with Gasteiger partial charge in [0.15, 0.2) is 0 Å². The van der Waals surface area contributed by atoms with Crippen molar-refractivity contribution in [3.63, 3.8) is 0 Å². The third-order valence-corrected chi connectivity index (χ3v) is 4.82. The van der Waals surface area contributed by atoms with Crippen LogP contribution in [0.2, 0.25) is 5.28 Å². The van der Waals surface area contributed by atoms with Crippen LogP contribution in [0.5, 0.6) is 0 Å². The zero-order valence-corrected chi connectivity index (χ0v) is 15.5. The third kappa shape index (κ3) is 4.15. The lowest BCUT2D eigenvalue weighted by Crippen LogP contribution is -2.49. The highest BCUT2D eigenvalue weighted by Gasteiger charge is 2.42.